The standard InChI is InChI=1S/C17H14F3N5/c1-2-25(11-6-4-3-5-7-11)14-10-21-24-17(23-14)22-13-9-8-12(18)15(19)16(13)20/h3-10H,2H2,1H3,(H,22,23,24). The number of halogens is 3. The number of nitrogens with one attached hydrogen (secondary N) is 1. The van der Waals surface area contributed by atoms with Crippen molar-refractivity contribution in [1.29, 1.82) is 0 Å². The molecule has 0 radical (unpaired) electrons. The number of hydrogen-bond acceptors (Lipinski definition) is 5. The van der Waals surface area contributed by atoms with Gasteiger partial charge in [0.15, 0.2) is 23.3 Å². The lowest BCUT2D eigenvalue weighted by Crippen LogP contribution is -2.18. The average molecular weight is 345 g/mol. The van der Waals surface area contributed by atoms with E-state index in [1.807, 2.05) is 42.2 Å². The summed E-state index contributed by atoms with van der Waals surface area (Å²) in [6, 6.07) is 11.4. The number of benzene rings is 2. The molecule has 1 aromatic heterocycles. The fraction of sp³-hybridized carbons (Fsp3) is 0.118. The summed E-state index contributed by atoms with van der Waals surface area (Å²) < 4.78 is 40.1. The predicted molar refractivity (Wildman–Crippen MR) is 88.5 cm³/mol. The Bertz CT molecular complexity index is 873. The molecule has 0 bridgehead atoms. The van der Waals surface area contributed by atoms with Crippen LogP contribution in [0.3, 0.4) is 0 Å². The molecular formula is C17H14F3N5. The minimum absolute atomic E-state index is 0.0308. The average Bonchev–Trinajstić information content (AvgIpc) is 2.64. The highest BCUT2D eigenvalue weighted by molar-refractivity contribution is 5.61. The highest BCUT2D eigenvalue weighted by Crippen LogP contribution is 2.25. The number of nitrogens with zero attached hydrogens (tertiary/aromatic N) is 4. The normalized spacial score (nSPS) is 10.6. The van der Waals surface area contributed by atoms with Crippen LogP contribution in [0.25, 0.3) is 0 Å². The number of anilines is 4. The highest BCUT2D eigenvalue weighted by atomic mass is 19.2. The van der Waals surface area contributed by atoms with Gasteiger partial charge in [0.25, 0.3) is 0 Å². The Morgan fingerprint density at radius 2 is 1.76 bits per heavy atom. The van der Waals surface area contributed by atoms with Gasteiger partial charge in [0.1, 0.15) is 0 Å². The molecule has 0 fully saturated rings. The minimum atomic E-state index is -1.56. The van der Waals surface area contributed by atoms with Crippen molar-refractivity contribution >= 4 is 23.1 Å². The van der Waals surface area contributed by atoms with Gasteiger partial charge in [0, 0.05) is 12.2 Å². The second kappa shape index (κ2) is 7.16. The van der Waals surface area contributed by atoms with Crippen molar-refractivity contribution in [1.82, 2.24) is 15.2 Å². The van der Waals surface area contributed by atoms with Crippen molar-refractivity contribution in [2.75, 3.05) is 16.8 Å². The van der Waals surface area contributed by atoms with Gasteiger partial charge in [-0.15, -0.1) is 5.10 Å². The second-order valence-electron chi connectivity index (χ2n) is 5.07. The SMILES string of the molecule is CCN(c1ccccc1)c1cnnc(Nc2ccc(F)c(F)c2F)n1. The Hall–Kier alpha value is -3.16. The Balaban J connectivity index is 1.90. The van der Waals surface area contributed by atoms with Crippen molar-refractivity contribution in [3.63, 3.8) is 0 Å². The van der Waals surface area contributed by atoms with Crippen LogP contribution in [0.5, 0.6) is 0 Å². The first kappa shape index (κ1) is 16.7. The molecule has 0 unspecified atom stereocenters. The van der Waals surface area contributed by atoms with E-state index < -0.39 is 17.5 Å². The third-order valence-electron chi connectivity index (χ3n) is 3.49. The third-order valence-corrected chi connectivity index (χ3v) is 3.49. The van der Waals surface area contributed by atoms with E-state index in [0.29, 0.717) is 12.4 Å². The first-order chi connectivity index (χ1) is 12.1. The van der Waals surface area contributed by atoms with Crippen molar-refractivity contribution in [3.8, 4) is 0 Å². The maximum absolute atomic E-state index is 13.8. The fourth-order valence-corrected chi connectivity index (χ4v) is 2.31. The quantitative estimate of drug-likeness (QED) is 0.703. The summed E-state index contributed by atoms with van der Waals surface area (Å²) in [6.07, 6.45) is 1.46. The van der Waals surface area contributed by atoms with Gasteiger partial charge in [-0.3, -0.25) is 0 Å². The summed E-state index contributed by atoms with van der Waals surface area (Å²) in [7, 11) is 0. The minimum Gasteiger partial charge on any atom is -0.325 e. The molecule has 0 aliphatic carbocycles. The van der Waals surface area contributed by atoms with Gasteiger partial charge >= 0.3 is 0 Å². The van der Waals surface area contributed by atoms with E-state index in [1.165, 1.54) is 6.20 Å². The number of para-hydroxylation sites is 1. The van der Waals surface area contributed by atoms with Crippen molar-refractivity contribution in [2.45, 2.75) is 6.92 Å². The summed E-state index contributed by atoms with van der Waals surface area (Å²) >= 11 is 0. The predicted octanol–water partition coefficient (Wildman–Crippen LogP) is 4.19. The van der Waals surface area contributed by atoms with Crippen LogP contribution in [-0.2, 0) is 0 Å². The number of hydrogen-bond donors (Lipinski definition) is 1. The molecule has 128 valence electrons. The maximum Gasteiger partial charge on any atom is 0.249 e. The lowest BCUT2D eigenvalue weighted by atomic mass is 10.3. The van der Waals surface area contributed by atoms with E-state index in [9.17, 15) is 13.2 Å². The summed E-state index contributed by atoms with van der Waals surface area (Å²) in [4.78, 5) is 6.14. The van der Waals surface area contributed by atoms with Crippen LogP contribution in [0.1, 0.15) is 6.92 Å². The third kappa shape index (κ3) is 3.52. The van der Waals surface area contributed by atoms with Crippen LogP contribution in [0.15, 0.2) is 48.7 Å². The molecule has 1 heterocycles. The van der Waals surface area contributed by atoms with Crippen LogP contribution >= 0.6 is 0 Å². The Morgan fingerprint density at radius 1 is 1.00 bits per heavy atom. The molecule has 1 N–H and O–H groups in total. The molecule has 0 spiro atoms. The van der Waals surface area contributed by atoms with Crippen molar-refractivity contribution in [3.05, 3.63) is 66.1 Å². The monoisotopic (exact) mass is 345 g/mol. The Labute approximate surface area is 142 Å². The zero-order valence-corrected chi connectivity index (χ0v) is 13.2. The summed E-state index contributed by atoms with van der Waals surface area (Å²) in [5.74, 6) is -3.72. The molecule has 0 aliphatic rings. The van der Waals surface area contributed by atoms with E-state index in [-0.39, 0.29) is 11.6 Å². The molecule has 0 aliphatic heterocycles. The van der Waals surface area contributed by atoms with Crippen LogP contribution in [0, 0.1) is 17.5 Å². The van der Waals surface area contributed by atoms with E-state index in [0.717, 1.165) is 17.8 Å². The first-order valence-electron chi connectivity index (χ1n) is 7.53. The lowest BCUT2D eigenvalue weighted by Gasteiger charge is -2.21. The summed E-state index contributed by atoms with van der Waals surface area (Å²) in [5.41, 5.74) is 0.621. The van der Waals surface area contributed by atoms with E-state index in [2.05, 4.69) is 20.5 Å². The summed E-state index contributed by atoms with van der Waals surface area (Å²) in [5, 5.41) is 10.1. The molecule has 0 atom stereocenters. The molecule has 2 aromatic carbocycles. The highest BCUT2D eigenvalue weighted by Gasteiger charge is 2.15. The van der Waals surface area contributed by atoms with E-state index >= 15 is 0 Å². The van der Waals surface area contributed by atoms with Gasteiger partial charge in [-0.05, 0) is 31.2 Å². The van der Waals surface area contributed by atoms with Gasteiger partial charge in [-0.25, -0.2) is 13.2 Å². The van der Waals surface area contributed by atoms with Crippen LogP contribution in [-0.4, -0.2) is 21.7 Å². The van der Waals surface area contributed by atoms with Gasteiger partial charge in [0.2, 0.25) is 5.95 Å². The molecule has 0 saturated heterocycles. The Morgan fingerprint density at radius 3 is 2.48 bits per heavy atom. The fourth-order valence-electron chi connectivity index (χ4n) is 2.31. The second-order valence-corrected chi connectivity index (χ2v) is 5.07. The van der Waals surface area contributed by atoms with Gasteiger partial charge < -0.3 is 10.2 Å². The number of rotatable bonds is 5. The van der Waals surface area contributed by atoms with Gasteiger partial charge in [0.05, 0.1) is 11.9 Å². The van der Waals surface area contributed by atoms with E-state index in [1.54, 1.807) is 0 Å². The maximum atomic E-state index is 13.8. The van der Waals surface area contributed by atoms with Crippen molar-refractivity contribution < 1.29 is 13.2 Å². The molecular weight excluding hydrogens is 331 g/mol. The zero-order valence-electron chi connectivity index (χ0n) is 13.2. The van der Waals surface area contributed by atoms with Crippen LogP contribution in [0.4, 0.5) is 36.3 Å². The summed E-state index contributed by atoms with van der Waals surface area (Å²) in [6.45, 7) is 2.55. The molecule has 25 heavy (non-hydrogen) atoms. The first-order valence-corrected chi connectivity index (χ1v) is 7.53. The number of aromatic nitrogens is 3. The molecule has 3 aromatic rings. The smallest absolute Gasteiger partial charge is 0.249 e. The van der Waals surface area contributed by atoms with Crippen LogP contribution in [0.2, 0.25) is 0 Å². The Kier molecular flexibility index (Phi) is 4.78. The van der Waals surface area contributed by atoms with Crippen LogP contribution < -0.4 is 10.2 Å². The molecule has 3 rings (SSSR count). The zero-order chi connectivity index (χ0) is 17.8. The van der Waals surface area contributed by atoms with Gasteiger partial charge in [-0.2, -0.15) is 10.1 Å². The molecule has 0 saturated carbocycles. The molecule has 0 amide bonds. The lowest BCUT2D eigenvalue weighted by molar-refractivity contribution is 0.449. The molecule has 8 heteroatoms. The van der Waals surface area contributed by atoms with E-state index in [4.69, 9.17) is 0 Å². The topological polar surface area (TPSA) is 53.9 Å². The van der Waals surface area contributed by atoms with Gasteiger partial charge in [-0.1, -0.05) is 18.2 Å². The largest absolute Gasteiger partial charge is 0.325 e. The molecule has 5 nitrogen and oxygen atoms in total. The van der Waals surface area contributed by atoms with Crippen molar-refractivity contribution in [2.24, 2.45) is 0 Å².